The van der Waals surface area contributed by atoms with Gasteiger partial charge in [-0.05, 0) is 24.1 Å². The predicted octanol–water partition coefficient (Wildman–Crippen LogP) is 3.82. The summed E-state index contributed by atoms with van der Waals surface area (Å²) in [6.45, 7) is 2.69. The van der Waals surface area contributed by atoms with Gasteiger partial charge in [0.05, 0.1) is 6.10 Å². The molecule has 1 rings (SSSR count). The fourth-order valence-corrected chi connectivity index (χ4v) is 2.47. The van der Waals surface area contributed by atoms with E-state index in [0.717, 1.165) is 22.9 Å². The zero-order chi connectivity index (χ0) is 13.4. The van der Waals surface area contributed by atoms with Crippen LogP contribution < -0.4 is 5.73 Å². The summed E-state index contributed by atoms with van der Waals surface area (Å²) in [5.41, 5.74) is 6.93. The normalized spacial score (nSPS) is 14.4. The number of hydrogen-bond donors (Lipinski definition) is 2. The van der Waals surface area contributed by atoms with Crippen molar-refractivity contribution in [3.63, 3.8) is 0 Å². The number of aliphatic hydroxyl groups excluding tert-OH is 1. The van der Waals surface area contributed by atoms with E-state index in [1.54, 1.807) is 0 Å². The molecule has 102 valence electrons. The van der Waals surface area contributed by atoms with Crippen LogP contribution in [0.5, 0.6) is 0 Å². The Morgan fingerprint density at radius 3 is 2.39 bits per heavy atom. The maximum absolute atomic E-state index is 10.2. The van der Waals surface area contributed by atoms with E-state index in [2.05, 4.69) is 22.9 Å². The van der Waals surface area contributed by atoms with Gasteiger partial charge in [0.15, 0.2) is 0 Å². The Bertz CT molecular complexity index is 326. The van der Waals surface area contributed by atoms with Gasteiger partial charge in [0, 0.05) is 16.9 Å². The minimum absolute atomic E-state index is 0.0553. The van der Waals surface area contributed by atoms with E-state index in [1.165, 1.54) is 19.3 Å². The molecule has 2 nitrogen and oxygen atoms in total. The van der Waals surface area contributed by atoms with Crippen molar-refractivity contribution in [2.75, 3.05) is 6.54 Å². The lowest BCUT2D eigenvalue weighted by Gasteiger charge is -2.22. The molecule has 0 saturated carbocycles. The Kier molecular flexibility index (Phi) is 7.56. The van der Waals surface area contributed by atoms with E-state index >= 15 is 0 Å². The molecule has 0 spiro atoms. The van der Waals surface area contributed by atoms with Gasteiger partial charge >= 0.3 is 0 Å². The van der Waals surface area contributed by atoms with Gasteiger partial charge in [-0.15, -0.1) is 0 Å². The van der Waals surface area contributed by atoms with E-state index in [9.17, 15) is 5.11 Å². The lowest BCUT2D eigenvalue weighted by molar-refractivity contribution is 0.132. The molecule has 1 aromatic carbocycles. The highest BCUT2D eigenvalue weighted by Gasteiger charge is 2.19. The first-order chi connectivity index (χ1) is 8.69. The van der Waals surface area contributed by atoms with Crippen LogP contribution in [0.2, 0.25) is 0 Å². The predicted molar refractivity (Wildman–Crippen MR) is 80.7 cm³/mol. The van der Waals surface area contributed by atoms with Crippen LogP contribution >= 0.6 is 15.9 Å². The van der Waals surface area contributed by atoms with Crippen LogP contribution in [-0.4, -0.2) is 17.8 Å². The Labute approximate surface area is 119 Å². The molecule has 0 aliphatic rings. The fraction of sp³-hybridized carbons (Fsp3) is 0.600. The van der Waals surface area contributed by atoms with E-state index < -0.39 is 0 Å². The Hall–Kier alpha value is -0.380. The minimum atomic E-state index is -0.326. The molecule has 0 aliphatic heterocycles. The number of aliphatic hydroxyl groups is 1. The smallest absolute Gasteiger partial charge is 0.0620 e. The summed E-state index contributed by atoms with van der Waals surface area (Å²) in [4.78, 5) is 0. The van der Waals surface area contributed by atoms with Gasteiger partial charge in [-0.25, -0.2) is 0 Å². The quantitative estimate of drug-likeness (QED) is 0.717. The first kappa shape index (κ1) is 15.7. The van der Waals surface area contributed by atoms with E-state index in [0.29, 0.717) is 6.54 Å². The lowest BCUT2D eigenvalue weighted by atomic mass is 9.90. The average Bonchev–Trinajstić information content (AvgIpc) is 2.38. The Morgan fingerprint density at radius 2 is 1.83 bits per heavy atom. The van der Waals surface area contributed by atoms with Gasteiger partial charge in [-0.2, -0.15) is 0 Å². The minimum Gasteiger partial charge on any atom is -0.392 e. The van der Waals surface area contributed by atoms with E-state index in [-0.39, 0.29) is 12.0 Å². The van der Waals surface area contributed by atoms with Crippen molar-refractivity contribution in [3.05, 3.63) is 34.3 Å². The van der Waals surface area contributed by atoms with Gasteiger partial charge in [-0.3, -0.25) is 0 Å². The molecule has 18 heavy (non-hydrogen) atoms. The second-order valence-corrected chi connectivity index (χ2v) is 5.73. The molecule has 0 fully saturated rings. The van der Waals surface area contributed by atoms with Crippen molar-refractivity contribution in [2.24, 2.45) is 5.73 Å². The second-order valence-electron chi connectivity index (χ2n) is 4.81. The molecule has 3 heteroatoms. The third-order valence-electron chi connectivity index (χ3n) is 3.37. The first-order valence-corrected chi connectivity index (χ1v) is 7.62. The summed E-state index contributed by atoms with van der Waals surface area (Å²) in [6.07, 6.45) is 5.28. The molecule has 1 aromatic rings. The third-order valence-corrected chi connectivity index (χ3v) is 3.90. The Morgan fingerprint density at radius 1 is 1.17 bits per heavy atom. The van der Waals surface area contributed by atoms with Crippen LogP contribution in [0, 0.1) is 0 Å². The van der Waals surface area contributed by atoms with Gasteiger partial charge in [0.1, 0.15) is 0 Å². The summed E-state index contributed by atoms with van der Waals surface area (Å²) < 4.78 is 1.06. The van der Waals surface area contributed by atoms with Crippen LogP contribution in [0.4, 0.5) is 0 Å². The number of hydrogen-bond acceptors (Lipinski definition) is 2. The Balaban J connectivity index is 2.51. The molecule has 2 unspecified atom stereocenters. The van der Waals surface area contributed by atoms with Crippen molar-refractivity contribution in [1.29, 1.82) is 0 Å². The SMILES string of the molecule is CCCCCCC(O)C(CN)c1ccc(Br)cc1. The molecular weight excluding hydrogens is 290 g/mol. The molecule has 0 radical (unpaired) electrons. The number of rotatable bonds is 8. The molecule has 2 atom stereocenters. The second kappa shape index (κ2) is 8.68. The number of halogens is 1. The highest BCUT2D eigenvalue weighted by Crippen LogP contribution is 2.24. The largest absolute Gasteiger partial charge is 0.392 e. The van der Waals surface area contributed by atoms with Crippen LogP contribution in [0.3, 0.4) is 0 Å². The molecule has 0 aliphatic carbocycles. The summed E-state index contributed by atoms with van der Waals surface area (Å²) in [5.74, 6) is 0.0553. The molecule has 0 heterocycles. The van der Waals surface area contributed by atoms with Gasteiger partial charge in [0.2, 0.25) is 0 Å². The molecule has 0 amide bonds. The third kappa shape index (κ3) is 5.09. The zero-order valence-corrected chi connectivity index (χ0v) is 12.7. The lowest BCUT2D eigenvalue weighted by Crippen LogP contribution is -2.25. The average molecular weight is 314 g/mol. The van der Waals surface area contributed by atoms with Crippen LogP contribution in [0.15, 0.2) is 28.7 Å². The highest BCUT2D eigenvalue weighted by atomic mass is 79.9. The van der Waals surface area contributed by atoms with Crippen molar-refractivity contribution in [1.82, 2.24) is 0 Å². The summed E-state index contributed by atoms with van der Waals surface area (Å²) in [6, 6.07) is 8.08. The zero-order valence-electron chi connectivity index (χ0n) is 11.1. The summed E-state index contributed by atoms with van der Waals surface area (Å²) in [7, 11) is 0. The van der Waals surface area contributed by atoms with Crippen molar-refractivity contribution >= 4 is 15.9 Å². The molecule has 0 aromatic heterocycles. The highest BCUT2D eigenvalue weighted by molar-refractivity contribution is 9.10. The number of nitrogens with two attached hydrogens (primary N) is 1. The molecule has 3 N–H and O–H groups in total. The van der Waals surface area contributed by atoms with Crippen molar-refractivity contribution in [3.8, 4) is 0 Å². The van der Waals surface area contributed by atoms with Crippen molar-refractivity contribution < 1.29 is 5.11 Å². The number of unbranched alkanes of at least 4 members (excludes halogenated alkanes) is 3. The summed E-state index contributed by atoms with van der Waals surface area (Å²) >= 11 is 3.42. The van der Waals surface area contributed by atoms with Crippen LogP contribution in [-0.2, 0) is 0 Å². The van der Waals surface area contributed by atoms with Crippen LogP contribution in [0.1, 0.15) is 50.5 Å². The van der Waals surface area contributed by atoms with Gasteiger partial charge in [-0.1, -0.05) is 60.7 Å². The topological polar surface area (TPSA) is 46.2 Å². The molecule has 0 bridgehead atoms. The van der Waals surface area contributed by atoms with Gasteiger partial charge in [0.25, 0.3) is 0 Å². The van der Waals surface area contributed by atoms with E-state index in [4.69, 9.17) is 5.73 Å². The molecule has 0 saturated heterocycles. The first-order valence-electron chi connectivity index (χ1n) is 6.82. The fourth-order valence-electron chi connectivity index (χ4n) is 2.21. The maximum Gasteiger partial charge on any atom is 0.0620 e. The van der Waals surface area contributed by atoms with Crippen molar-refractivity contribution in [2.45, 2.75) is 51.0 Å². The van der Waals surface area contributed by atoms with Gasteiger partial charge < -0.3 is 10.8 Å². The van der Waals surface area contributed by atoms with Crippen LogP contribution in [0.25, 0.3) is 0 Å². The maximum atomic E-state index is 10.2. The standard InChI is InChI=1S/C15H24BrNO/c1-2-3-4-5-6-15(18)14(11-17)12-7-9-13(16)10-8-12/h7-10,14-15,18H,2-6,11,17H2,1H3. The molecular formula is C15H24BrNO. The number of benzene rings is 1. The monoisotopic (exact) mass is 313 g/mol. The van der Waals surface area contributed by atoms with E-state index in [1.807, 2.05) is 24.3 Å². The summed E-state index contributed by atoms with van der Waals surface area (Å²) in [5, 5.41) is 10.2.